The molecule has 0 unspecified atom stereocenters. The maximum atomic E-state index is 14.2. The molecule has 0 aromatic heterocycles. The van der Waals surface area contributed by atoms with Crippen molar-refractivity contribution in [1.29, 1.82) is 0 Å². The van der Waals surface area contributed by atoms with Crippen LogP contribution < -0.4 is 24.0 Å². The number of halogens is 1. The van der Waals surface area contributed by atoms with Crippen molar-refractivity contribution in [3.8, 4) is 5.75 Å². The van der Waals surface area contributed by atoms with Crippen LogP contribution in [0.25, 0.3) is 0 Å². The van der Waals surface area contributed by atoms with Gasteiger partial charge in [-0.05, 0) is 50.1 Å². The number of nitrogens with zero attached hydrogens (tertiary/aromatic N) is 3. The van der Waals surface area contributed by atoms with E-state index >= 15 is 0 Å². The van der Waals surface area contributed by atoms with Gasteiger partial charge in [-0.1, -0.05) is 6.92 Å². The molecular formula is C25H38FN5O6S2. The Balaban J connectivity index is 1.77. The number of piperazine rings is 1. The Kier molecular flexibility index (Phi) is 9.51. The predicted molar refractivity (Wildman–Crippen MR) is 150 cm³/mol. The molecule has 0 bridgehead atoms. The molecule has 3 atom stereocenters. The van der Waals surface area contributed by atoms with Crippen LogP contribution >= 0.6 is 0 Å². The summed E-state index contributed by atoms with van der Waals surface area (Å²) in [6, 6.07) is 10.5. The van der Waals surface area contributed by atoms with Gasteiger partial charge < -0.3 is 14.5 Å². The summed E-state index contributed by atoms with van der Waals surface area (Å²) in [6.45, 7) is 6.28. The molecular weight excluding hydrogens is 549 g/mol. The van der Waals surface area contributed by atoms with Crippen LogP contribution in [-0.4, -0.2) is 85.4 Å². The molecule has 1 aliphatic heterocycles. The molecule has 218 valence electrons. The molecule has 0 radical (unpaired) electrons. The van der Waals surface area contributed by atoms with Crippen molar-refractivity contribution in [2.45, 2.75) is 37.4 Å². The van der Waals surface area contributed by atoms with E-state index in [9.17, 15) is 25.8 Å². The molecule has 0 spiro atoms. The predicted octanol–water partition coefficient (Wildman–Crippen LogP) is 2.13. The summed E-state index contributed by atoms with van der Waals surface area (Å²) in [5, 5.41) is 0. The number of hydrogen-bond donors (Lipinski definition) is 3. The van der Waals surface area contributed by atoms with Crippen LogP contribution in [0.4, 0.5) is 15.8 Å². The Morgan fingerprint density at radius 2 is 1.82 bits per heavy atom. The summed E-state index contributed by atoms with van der Waals surface area (Å²) in [5.74, 6) is -0.408. The third-order valence-corrected chi connectivity index (χ3v) is 8.89. The van der Waals surface area contributed by atoms with E-state index in [1.807, 2.05) is 42.6 Å². The molecule has 39 heavy (non-hydrogen) atoms. The van der Waals surface area contributed by atoms with Crippen LogP contribution in [0.2, 0.25) is 0 Å². The van der Waals surface area contributed by atoms with Crippen LogP contribution in [0, 0.1) is 11.7 Å². The lowest BCUT2D eigenvalue weighted by atomic mass is 9.99. The zero-order chi connectivity index (χ0) is 29.2. The molecule has 1 saturated heterocycles. The van der Waals surface area contributed by atoms with E-state index in [1.165, 1.54) is 31.4 Å². The lowest BCUT2D eigenvalue weighted by Gasteiger charge is -2.53. The fraction of sp³-hybridized carbons (Fsp3) is 0.520. The molecule has 3 rings (SSSR count). The second-order valence-corrected chi connectivity index (χ2v) is 13.3. The van der Waals surface area contributed by atoms with E-state index in [-0.39, 0.29) is 29.9 Å². The summed E-state index contributed by atoms with van der Waals surface area (Å²) in [5.41, 5.74) is 0.0838. The third-order valence-electron chi connectivity index (χ3n) is 6.75. The molecule has 14 heteroatoms. The van der Waals surface area contributed by atoms with Crippen LogP contribution in [0.15, 0.2) is 47.4 Å². The van der Waals surface area contributed by atoms with Gasteiger partial charge in [-0.25, -0.2) is 17.5 Å². The van der Waals surface area contributed by atoms with Crippen LogP contribution in [0.5, 0.6) is 5.75 Å². The Morgan fingerprint density at radius 1 is 1.18 bits per heavy atom. The maximum absolute atomic E-state index is 14.2. The summed E-state index contributed by atoms with van der Waals surface area (Å²) in [7, 11) is -3.22. The highest BCUT2D eigenvalue weighted by atomic mass is 32.2. The highest BCUT2D eigenvalue weighted by Gasteiger charge is 2.44. The molecule has 3 N–H and O–H groups in total. The van der Waals surface area contributed by atoms with E-state index in [4.69, 9.17) is 4.74 Å². The largest absolute Gasteiger partial charge is 0.497 e. The molecule has 0 amide bonds. The first-order chi connectivity index (χ1) is 18.0. The number of nitrogens with one attached hydrogen (secondary N) is 2. The fourth-order valence-electron chi connectivity index (χ4n) is 4.89. The summed E-state index contributed by atoms with van der Waals surface area (Å²) < 4.78 is 83.6. The number of methoxy groups -OCH3 is 1. The molecule has 1 fully saturated rings. The van der Waals surface area contributed by atoms with Gasteiger partial charge in [0.15, 0.2) is 0 Å². The van der Waals surface area contributed by atoms with E-state index in [1.54, 1.807) is 25.1 Å². The summed E-state index contributed by atoms with van der Waals surface area (Å²) in [6.07, 6.45) is 0. The molecule has 11 nitrogen and oxygen atoms in total. The van der Waals surface area contributed by atoms with Gasteiger partial charge in [-0.2, -0.15) is 13.1 Å². The van der Waals surface area contributed by atoms with E-state index in [0.29, 0.717) is 24.5 Å². The number of hydrogen-bond acceptors (Lipinski definition) is 8. The van der Waals surface area contributed by atoms with Gasteiger partial charge in [0.25, 0.3) is 0 Å². The number of anilines is 2. The minimum absolute atomic E-state index is 0.0837. The lowest BCUT2D eigenvalue weighted by molar-refractivity contribution is 0.0231. The second kappa shape index (κ2) is 11.9. The molecule has 0 saturated carbocycles. The van der Waals surface area contributed by atoms with Gasteiger partial charge in [-0.15, -0.1) is 0 Å². The van der Waals surface area contributed by atoms with Crippen LogP contribution in [-0.2, 0) is 20.3 Å². The number of benzene rings is 2. The van der Waals surface area contributed by atoms with Crippen LogP contribution in [0.3, 0.4) is 0 Å². The molecule has 1 heterocycles. The van der Waals surface area contributed by atoms with E-state index < -0.39 is 31.8 Å². The van der Waals surface area contributed by atoms with E-state index in [0.717, 1.165) is 5.69 Å². The Bertz CT molecular complexity index is 1360. The Hall–Kier alpha value is -2.49. The Morgan fingerprint density at radius 3 is 2.38 bits per heavy atom. The molecule has 2 aromatic carbocycles. The topological polar surface area (TPSA) is 132 Å². The first kappa shape index (κ1) is 31.0. The van der Waals surface area contributed by atoms with Gasteiger partial charge in [-0.3, -0.25) is 9.45 Å². The smallest absolute Gasteiger partial charge is 0.334 e. The van der Waals surface area contributed by atoms with Gasteiger partial charge in [0, 0.05) is 63.3 Å². The van der Waals surface area contributed by atoms with Crippen molar-refractivity contribution in [3.05, 3.63) is 48.3 Å². The highest BCUT2D eigenvalue weighted by molar-refractivity contribution is 7.89. The fourth-order valence-corrected chi connectivity index (χ4v) is 6.79. The normalized spacial score (nSPS) is 21.5. The van der Waals surface area contributed by atoms with E-state index in [2.05, 4.69) is 9.44 Å². The Labute approximate surface area is 230 Å². The average Bonchev–Trinajstić information content (AvgIpc) is 2.83. The van der Waals surface area contributed by atoms with Crippen molar-refractivity contribution < 1.29 is 30.5 Å². The van der Waals surface area contributed by atoms with Crippen molar-refractivity contribution in [1.82, 2.24) is 14.3 Å². The molecule has 2 aromatic rings. The average molecular weight is 588 g/mol. The van der Waals surface area contributed by atoms with Gasteiger partial charge in [0.2, 0.25) is 10.0 Å². The standard InChI is InChI=1S/C25H38FN5O6S2/c1-18(14-27-38(32,33)24-9-7-21(8-10-24)29(4)5)15-31-19(2)16-30(17-25(31,3)28-39(34,35)36)22-11-20(26)12-23(13-22)37-6/h7-13,18-19,27-28H,14-17H2,1-6H3,(H,34,35,36)/t18-,19+,25-/m1/s1. The number of sulfonamides is 1. The van der Waals surface area contributed by atoms with Crippen LogP contribution in [0.1, 0.15) is 20.8 Å². The van der Waals surface area contributed by atoms with Gasteiger partial charge in [0.1, 0.15) is 17.2 Å². The minimum Gasteiger partial charge on any atom is -0.497 e. The molecule has 1 aliphatic rings. The first-order valence-electron chi connectivity index (χ1n) is 12.4. The van der Waals surface area contributed by atoms with Crippen molar-refractivity contribution in [2.75, 3.05) is 57.2 Å². The van der Waals surface area contributed by atoms with Crippen molar-refractivity contribution in [2.24, 2.45) is 5.92 Å². The summed E-state index contributed by atoms with van der Waals surface area (Å²) in [4.78, 5) is 5.70. The van der Waals surface area contributed by atoms with Crippen molar-refractivity contribution >= 4 is 31.7 Å². The quantitative estimate of drug-likeness (QED) is 0.339. The zero-order valence-corrected chi connectivity index (χ0v) is 24.7. The minimum atomic E-state index is -4.61. The lowest BCUT2D eigenvalue weighted by Crippen LogP contribution is -2.72. The van der Waals surface area contributed by atoms with Gasteiger partial charge in [0.05, 0.1) is 18.6 Å². The number of rotatable bonds is 11. The van der Waals surface area contributed by atoms with Gasteiger partial charge >= 0.3 is 10.3 Å². The van der Waals surface area contributed by atoms with Crippen molar-refractivity contribution in [3.63, 3.8) is 0 Å². The second-order valence-electron chi connectivity index (χ2n) is 10.4. The monoisotopic (exact) mass is 587 g/mol. The maximum Gasteiger partial charge on any atom is 0.334 e. The third kappa shape index (κ3) is 8.02. The highest BCUT2D eigenvalue weighted by Crippen LogP contribution is 2.31. The summed E-state index contributed by atoms with van der Waals surface area (Å²) >= 11 is 0. The first-order valence-corrected chi connectivity index (χ1v) is 15.3. The molecule has 0 aliphatic carbocycles. The number of ether oxygens (including phenoxy) is 1. The zero-order valence-electron chi connectivity index (χ0n) is 23.0. The SMILES string of the molecule is COc1cc(F)cc(N2C[C@H](C)N(C[C@H](C)CNS(=O)(=O)c3ccc(N(C)C)cc3)[C@@](C)(NS(=O)(=O)O)C2)c1.